The van der Waals surface area contributed by atoms with Crippen molar-refractivity contribution in [3.05, 3.63) is 77.0 Å². The molecule has 1 heterocycles. The molecule has 1 aliphatic heterocycles. The van der Waals surface area contributed by atoms with E-state index in [2.05, 4.69) is 11.9 Å². The van der Waals surface area contributed by atoms with Crippen molar-refractivity contribution >= 4 is 23.4 Å². The fourth-order valence-corrected chi connectivity index (χ4v) is 3.23. The molecule has 0 radical (unpaired) electrons. The smallest absolute Gasteiger partial charge is 0.414 e. The Morgan fingerprint density at radius 1 is 1.32 bits per heavy atom. The predicted molar refractivity (Wildman–Crippen MR) is 101 cm³/mol. The van der Waals surface area contributed by atoms with Crippen LogP contribution >= 0.6 is 11.6 Å². The molecule has 0 saturated carbocycles. The average Bonchev–Trinajstić information content (AvgIpc) is 2.65. The van der Waals surface area contributed by atoms with Crippen molar-refractivity contribution in [3.63, 3.8) is 0 Å². The molecule has 0 unspecified atom stereocenters. The van der Waals surface area contributed by atoms with Crippen LogP contribution in [-0.2, 0) is 17.8 Å². The van der Waals surface area contributed by atoms with Crippen molar-refractivity contribution in [2.45, 2.75) is 13.0 Å². The van der Waals surface area contributed by atoms with Gasteiger partial charge in [-0.3, -0.25) is 4.90 Å². The average molecular weight is 357 g/mol. The Morgan fingerprint density at radius 3 is 2.80 bits per heavy atom. The van der Waals surface area contributed by atoms with E-state index in [4.69, 9.17) is 16.3 Å². The number of ether oxygens (including phenoxy) is 1. The van der Waals surface area contributed by atoms with Gasteiger partial charge in [0, 0.05) is 30.2 Å². The summed E-state index contributed by atoms with van der Waals surface area (Å²) in [6, 6.07) is 15.2. The van der Waals surface area contributed by atoms with Gasteiger partial charge < -0.3 is 10.1 Å². The molecule has 5 heteroatoms. The van der Waals surface area contributed by atoms with Crippen LogP contribution in [0.5, 0.6) is 0 Å². The molecule has 4 nitrogen and oxygen atoms in total. The topological polar surface area (TPSA) is 41.6 Å². The molecule has 3 rings (SSSR count). The zero-order valence-electron chi connectivity index (χ0n) is 14.2. The largest absolute Gasteiger partial charge is 0.444 e. The van der Waals surface area contributed by atoms with Crippen molar-refractivity contribution in [1.29, 1.82) is 0 Å². The normalized spacial score (nSPS) is 16.1. The van der Waals surface area contributed by atoms with Crippen molar-refractivity contribution < 1.29 is 9.53 Å². The number of carbonyl (C=O) groups excluding carboxylic acids is 1. The number of amides is 1. The summed E-state index contributed by atoms with van der Waals surface area (Å²) in [5, 5.41) is 3.75. The highest BCUT2D eigenvalue weighted by atomic mass is 35.5. The number of benzene rings is 2. The third kappa shape index (κ3) is 3.97. The minimum atomic E-state index is -0.360. The summed E-state index contributed by atoms with van der Waals surface area (Å²) >= 11 is 6.13. The van der Waals surface area contributed by atoms with Crippen LogP contribution in [0.4, 0.5) is 10.5 Å². The molecule has 25 heavy (non-hydrogen) atoms. The Hall–Kier alpha value is -2.46. The summed E-state index contributed by atoms with van der Waals surface area (Å²) in [6.07, 6.45) is 0.430. The van der Waals surface area contributed by atoms with Crippen LogP contribution in [0.25, 0.3) is 0 Å². The van der Waals surface area contributed by atoms with E-state index in [9.17, 15) is 4.79 Å². The molecule has 2 aromatic rings. The van der Waals surface area contributed by atoms with E-state index >= 15 is 0 Å². The van der Waals surface area contributed by atoms with Gasteiger partial charge in [0.25, 0.3) is 0 Å². The Morgan fingerprint density at radius 2 is 2.08 bits per heavy atom. The maximum absolute atomic E-state index is 12.7. The van der Waals surface area contributed by atoms with Gasteiger partial charge in [-0.05, 0) is 35.7 Å². The second-order valence-electron chi connectivity index (χ2n) is 6.10. The first-order valence-corrected chi connectivity index (χ1v) is 8.59. The lowest BCUT2D eigenvalue weighted by atomic mass is 9.90. The zero-order valence-corrected chi connectivity index (χ0v) is 14.9. The molecule has 1 amide bonds. The molecule has 2 aromatic carbocycles. The van der Waals surface area contributed by atoms with Crippen LogP contribution in [0.15, 0.2) is 60.8 Å². The van der Waals surface area contributed by atoms with Gasteiger partial charge in [0.2, 0.25) is 0 Å². The molecule has 0 aliphatic carbocycles. The highest BCUT2D eigenvalue weighted by Crippen LogP contribution is 2.34. The summed E-state index contributed by atoms with van der Waals surface area (Å²) in [5.41, 5.74) is 3.73. The Labute approximate surface area is 153 Å². The molecule has 0 aromatic heterocycles. The zero-order chi connectivity index (χ0) is 17.8. The SMILES string of the molecule is C=C(NC)[C@H]1Cc2cc(Cl)ccc2N(C(=O)OCc2ccccc2)C1. The fourth-order valence-electron chi connectivity index (χ4n) is 3.04. The molecule has 0 fully saturated rings. The van der Waals surface area contributed by atoms with Gasteiger partial charge in [-0.1, -0.05) is 48.5 Å². The van der Waals surface area contributed by atoms with E-state index < -0.39 is 0 Å². The minimum absolute atomic E-state index is 0.111. The maximum Gasteiger partial charge on any atom is 0.414 e. The number of hydrogen-bond donors (Lipinski definition) is 1. The van der Waals surface area contributed by atoms with E-state index in [1.54, 1.807) is 11.0 Å². The van der Waals surface area contributed by atoms with E-state index in [-0.39, 0.29) is 18.6 Å². The Balaban J connectivity index is 1.80. The quantitative estimate of drug-likeness (QED) is 0.883. The Kier molecular flexibility index (Phi) is 5.29. The van der Waals surface area contributed by atoms with Gasteiger partial charge in [-0.15, -0.1) is 0 Å². The number of carbonyl (C=O) groups is 1. The lowest BCUT2D eigenvalue weighted by Crippen LogP contribution is -2.42. The summed E-state index contributed by atoms with van der Waals surface area (Å²) < 4.78 is 5.52. The number of nitrogens with one attached hydrogen (secondary N) is 1. The highest BCUT2D eigenvalue weighted by Gasteiger charge is 2.30. The Bertz CT molecular complexity index is 777. The van der Waals surface area contributed by atoms with Gasteiger partial charge in [0.15, 0.2) is 0 Å². The lowest BCUT2D eigenvalue weighted by Gasteiger charge is -2.34. The standard InChI is InChI=1S/C20H21ClN2O2/c1-14(22-2)17-10-16-11-18(21)8-9-19(16)23(12-17)20(24)25-13-15-6-4-3-5-7-15/h3-9,11,17,22H,1,10,12-13H2,2H3/t17-/m0/s1. The number of rotatable bonds is 4. The lowest BCUT2D eigenvalue weighted by molar-refractivity contribution is 0.145. The second kappa shape index (κ2) is 7.62. The van der Waals surface area contributed by atoms with Gasteiger partial charge in [-0.2, -0.15) is 0 Å². The summed E-state index contributed by atoms with van der Waals surface area (Å²) in [6.45, 7) is 4.83. The second-order valence-corrected chi connectivity index (χ2v) is 6.54. The van der Waals surface area contributed by atoms with Crippen molar-refractivity contribution in [1.82, 2.24) is 5.32 Å². The third-order valence-electron chi connectivity index (χ3n) is 4.44. The molecular formula is C20H21ClN2O2. The molecule has 0 saturated heterocycles. The van der Waals surface area contributed by atoms with Gasteiger partial charge in [-0.25, -0.2) is 4.79 Å². The van der Waals surface area contributed by atoms with Crippen LogP contribution in [0.1, 0.15) is 11.1 Å². The van der Waals surface area contributed by atoms with E-state index in [1.165, 1.54) is 0 Å². The van der Waals surface area contributed by atoms with Crippen LogP contribution in [0.2, 0.25) is 5.02 Å². The van der Waals surface area contributed by atoms with Crippen molar-refractivity contribution in [2.75, 3.05) is 18.5 Å². The summed E-state index contributed by atoms with van der Waals surface area (Å²) in [5.74, 6) is 0.111. The van der Waals surface area contributed by atoms with Crippen LogP contribution in [0.3, 0.4) is 0 Å². The number of nitrogens with zero attached hydrogens (tertiary/aromatic N) is 1. The summed E-state index contributed by atoms with van der Waals surface area (Å²) in [7, 11) is 1.84. The number of hydrogen-bond acceptors (Lipinski definition) is 3. The monoisotopic (exact) mass is 356 g/mol. The molecule has 0 bridgehead atoms. The molecule has 1 aliphatic rings. The first-order chi connectivity index (χ1) is 12.1. The summed E-state index contributed by atoms with van der Waals surface area (Å²) in [4.78, 5) is 14.4. The fraction of sp³-hybridized carbons (Fsp3) is 0.250. The molecule has 1 atom stereocenters. The van der Waals surface area contributed by atoms with Crippen LogP contribution in [-0.4, -0.2) is 19.7 Å². The van der Waals surface area contributed by atoms with E-state index in [0.29, 0.717) is 11.6 Å². The van der Waals surface area contributed by atoms with Gasteiger partial charge in [0.05, 0.1) is 5.69 Å². The van der Waals surface area contributed by atoms with Gasteiger partial charge in [0.1, 0.15) is 6.61 Å². The predicted octanol–water partition coefficient (Wildman–Crippen LogP) is 4.39. The molecule has 130 valence electrons. The van der Waals surface area contributed by atoms with Crippen LogP contribution in [0, 0.1) is 5.92 Å². The molecule has 0 spiro atoms. The number of anilines is 1. The number of fused-ring (bicyclic) bond motifs is 1. The van der Waals surface area contributed by atoms with Crippen LogP contribution < -0.4 is 10.2 Å². The first kappa shape index (κ1) is 17.4. The van der Waals surface area contributed by atoms with E-state index in [1.807, 2.05) is 49.5 Å². The number of halogens is 1. The molecule has 1 N–H and O–H groups in total. The van der Waals surface area contributed by atoms with Crippen molar-refractivity contribution in [2.24, 2.45) is 5.92 Å². The molecular weight excluding hydrogens is 336 g/mol. The van der Waals surface area contributed by atoms with Gasteiger partial charge >= 0.3 is 6.09 Å². The first-order valence-electron chi connectivity index (χ1n) is 8.21. The highest BCUT2D eigenvalue weighted by molar-refractivity contribution is 6.30. The minimum Gasteiger partial charge on any atom is -0.444 e. The maximum atomic E-state index is 12.7. The third-order valence-corrected chi connectivity index (χ3v) is 4.68. The van der Waals surface area contributed by atoms with E-state index in [0.717, 1.165) is 28.9 Å². The van der Waals surface area contributed by atoms with Crippen molar-refractivity contribution in [3.8, 4) is 0 Å².